The lowest BCUT2D eigenvalue weighted by Crippen LogP contribution is -2.07. The number of nitrogens with one attached hydrogen (secondary N) is 1. The minimum absolute atomic E-state index is 0.825. The summed E-state index contributed by atoms with van der Waals surface area (Å²) in [5, 5.41) is 7.79. The van der Waals surface area contributed by atoms with Crippen LogP contribution in [0.4, 0.5) is 5.82 Å². The zero-order valence-electron chi connectivity index (χ0n) is 9.64. The van der Waals surface area contributed by atoms with E-state index in [1.54, 1.807) is 6.20 Å². The quantitative estimate of drug-likeness (QED) is 0.854. The third kappa shape index (κ3) is 1.64. The van der Waals surface area contributed by atoms with Gasteiger partial charge in [-0.1, -0.05) is 6.92 Å². The molecule has 4 heteroatoms. The molecular formula is C12H16N4. The Balaban J connectivity index is 1.84. The van der Waals surface area contributed by atoms with Gasteiger partial charge in [0, 0.05) is 18.9 Å². The van der Waals surface area contributed by atoms with Crippen LogP contribution in [0.5, 0.6) is 0 Å². The van der Waals surface area contributed by atoms with Crippen LogP contribution in [-0.2, 0) is 0 Å². The van der Waals surface area contributed by atoms with Crippen LogP contribution in [0.3, 0.4) is 0 Å². The number of aryl methyl sites for hydroxylation is 1. The summed E-state index contributed by atoms with van der Waals surface area (Å²) in [6.45, 7) is 5.32. The van der Waals surface area contributed by atoms with Gasteiger partial charge in [-0.05, 0) is 31.2 Å². The van der Waals surface area contributed by atoms with Gasteiger partial charge in [0.05, 0.1) is 5.69 Å². The molecule has 2 aromatic heterocycles. The van der Waals surface area contributed by atoms with Crippen molar-refractivity contribution in [3.8, 4) is 0 Å². The lowest BCUT2D eigenvalue weighted by Gasteiger charge is -2.05. The summed E-state index contributed by atoms with van der Waals surface area (Å²) >= 11 is 0. The fourth-order valence-corrected chi connectivity index (χ4v) is 2.09. The molecule has 0 bridgehead atoms. The first-order valence-electron chi connectivity index (χ1n) is 5.79. The summed E-state index contributed by atoms with van der Waals surface area (Å²) in [5.74, 6) is 2.65. The van der Waals surface area contributed by atoms with Gasteiger partial charge in [0.25, 0.3) is 0 Å². The van der Waals surface area contributed by atoms with Crippen molar-refractivity contribution >= 4 is 11.3 Å². The summed E-state index contributed by atoms with van der Waals surface area (Å²) in [5.41, 5.74) is 2.09. The Morgan fingerprint density at radius 3 is 3.12 bits per heavy atom. The molecule has 16 heavy (non-hydrogen) atoms. The molecule has 4 nitrogen and oxygen atoms in total. The Morgan fingerprint density at radius 2 is 2.38 bits per heavy atom. The third-order valence-electron chi connectivity index (χ3n) is 3.32. The Bertz CT molecular complexity index is 517. The topological polar surface area (TPSA) is 42.2 Å². The molecule has 1 fully saturated rings. The minimum atomic E-state index is 0.825. The SMILES string of the molecule is Cc1cc2c(NCC3CC3C)nccn2n1. The van der Waals surface area contributed by atoms with E-state index in [1.807, 2.05) is 17.6 Å². The molecule has 0 aliphatic heterocycles. The van der Waals surface area contributed by atoms with Gasteiger partial charge in [-0.2, -0.15) is 5.10 Å². The number of fused-ring (bicyclic) bond motifs is 1. The minimum Gasteiger partial charge on any atom is -0.368 e. The predicted molar refractivity (Wildman–Crippen MR) is 63.5 cm³/mol. The van der Waals surface area contributed by atoms with E-state index >= 15 is 0 Å². The van der Waals surface area contributed by atoms with Crippen molar-refractivity contribution in [2.75, 3.05) is 11.9 Å². The second kappa shape index (κ2) is 3.47. The number of anilines is 1. The maximum absolute atomic E-state index is 4.37. The van der Waals surface area contributed by atoms with E-state index in [-0.39, 0.29) is 0 Å². The Morgan fingerprint density at radius 1 is 1.56 bits per heavy atom. The molecule has 0 amide bonds. The van der Waals surface area contributed by atoms with Crippen LogP contribution in [0.2, 0.25) is 0 Å². The zero-order chi connectivity index (χ0) is 11.1. The van der Waals surface area contributed by atoms with Crippen LogP contribution in [0.1, 0.15) is 19.0 Å². The molecule has 84 valence electrons. The van der Waals surface area contributed by atoms with E-state index in [2.05, 4.69) is 28.4 Å². The molecule has 2 heterocycles. The van der Waals surface area contributed by atoms with Gasteiger partial charge in [-0.25, -0.2) is 9.50 Å². The number of rotatable bonds is 3. The number of aromatic nitrogens is 3. The molecule has 2 atom stereocenters. The maximum Gasteiger partial charge on any atom is 0.152 e. The van der Waals surface area contributed by atoms with Gasteiger partial charge in [-0.15, -0.1) is 0 Å². The van der Waals surface area contributed by atoms with Gasteiger partial charge in [0.1, 0.15) is 5.52 Å². The Hall–Kier alpha value is -1.58. The molecular weight excluding hydrogens is 200 g/mol. The van der Waals surface area contributed by atoms with Crippen molar-refractivity contribution < 1.29 is 0 Å². The second-order valence-corrected chi connectivity index (χ2v) is 4.75. The molecule has 0 saturated heterocycles. The molecule has 0 aromatic carbocycles. The monoisotopic (exact) mass is 216 g/mol. The highest BCUT2D eigenvalue weighted by Gasteiger charge is 2.32. The maximum atomic E-state index is 4.37. The van der Waals surface area contributed by atoms with Crippen LogP contribution in [-0.4, -0.2) is 21.1 Å². The van der Waals surface area contributed by atoms with Crippen molar-refractivity contribution in [2.24, 2.45) is 11.8 Å². The molecule has 1 N–H and O–H groups in total. The lowest BCUT2D eigenvalue weighted by atomic mass is 10.3. The van der Waals surface area contributed by atoms with Crippen LogP contribution >= 0.6 is 0 Å². The van der Waals surface area contributed by atoms with Crippen LogP contribution in [0.15, 0.2) is 18.5 Å². The van der Waals surface area contributed by atoms with Crippen molar-refractivity contribution in [1.29, 1.82) is 0 Å². The number of nitrogens with zero attached hydrogens (tertiary/aromatic N) is 3. The van der Waals surface area contributed by atoms with Crippen molar-refractivity contribution in [3.05, 3.63) is 24.2 Å². The predicted octanol–water partition coefficient (Wildman–Crippen LogP) is 2.11. The molecule has 0 radical (unpaired) electrons. The fraction of sp³-hybridized carbons (Fsp3) is 0.500. The average Bonchev–Trinajstić information content (AvgIpc) is 2.81. The first-order chi connectivity index (χ1) is 7.74. The first-order valence-corrected chi connectivity index (χ1v) is 5.79. The van der Waals surface area contributed by atoms with Gasteiger partial charge in [0.2, 0.25) is 0 Å². The van der Waals surface area contributed by atoms with Crippen LogP contribution in [0.25, 0.3) is 5.52 Å². The highest BCUT2D eigenvalue weighted by Crippen LogP contribution is 2.37. The van der Waals surface area contributed by atoms with E-state index in [4.69, 9.17) is 0 Å². The molecule has 1 saturated carbocycles. The normalized spacial score (nSPS) is 23.6. The number of hydrogen-bond acceptors (Lipinski definition) is 3. The molecule has 1 aliphatic rings. The largest absolute Gasteiger partial charge is 0.368 e. The second-order valence-electron chi connectivity index (χ2n) is 4.75. The zero-order valence-corrected chi connectivity index (χ0v) is 9.64. The highest BCUT2D eigenvalue weighted by atomic mass is 15.2. The molecule has 2 aromatic rings. The van der Waals surface area contributed by atoms with Crippen molar-refractivity contribution in [1.82, 2.24) is 14.6 Å². The van der Waals surface area contributed by atoms with E-state index in [9.17, 15) is 0 Å². The fourth-order valence-electron chi connectivity index (χ4n) is 2.09. The van der Waals surface area contributed by atoms with E-state index < -0.39 is 0 Å². The van der Waals surface area contributed by atoms with E-state index in [0.29, 0.717) is 0 Å². The molecule has 3 rings (SSSR count). The molecule has 0 spiro atoms. The van der Waals surface area contributed by atoms with Gasteiger partial charge < -0.3 is 5.32 Å². The highest BCUT2D eigenvalue weighted by molar-refractivity contribution is 5.67. The molecule has 1 aliphatic carbocycles. The van der Waals surface area contributed by atoms with Gasteiger partial charge >= 0.3 is 0 Å². The summed E-state index contributed by atoms with van der Waals surface area (Å²) in [6, 6.07) is 2.06. The number of hydrogen-bond donors (Lipinski definition) is 1. The third-order valence-corrected chi connectivity index (χ3v) is 3.32. The lowest BCUT2D eigenvalue weighted by molar-refractivity contribution is 0.784. The summed E-state index contributed by atoms with van der Waals surface area (Å²) in [7, 11) is 0. The first kappa shape index (κ1) is 9.63. The smallest absolute Gasteiger partial charge is 0.152 e. The average molecular weight is 216 g/mol. The summed E-state index contributed by atoms with van der Waals surface area (Å²) < 4.78 is 1.88. The van der Waals surface area contributed by atoms with Crippen LogP contribution < -0.4 is 5.32 Å². The Labute approximate surface area is 94.7 Å². The summed E-state index contributed by atoms with van der Waals surface area (Å²) in [6.07, 6.45) is 5.01. The van der Waals surface area contributed by atoms with Gasteiger partial charge in [0.15, 0.2) is 5.82 Å². The molecule has 2 unspecified atom stereocenters. The Kier molecular flexibility index (Phi) is 2.09. The van der Waals surface area contributed by atoms with Crippen molar-refractivity contribution in [2.45, 2.75) is 20.3 Å². The van der Waals surface area contributed by atoms with Gasteiger partial charge in [-0.3, -0.25) is 0 Å². The van der Waals surface area contributed by atoms with E-state index in [1.165, 1.54) is 6.42 Å². The van der Waals surface area contributed by atoms with Crippen LogP contribution in [0, 0.1) is 18.8 Å². The standard InChI is InChI=1S/C12H16N4/c1-8-5-10(8)7-14-12-11-6-9(2)15-16(11)4-3-13-12/h3-4,6,8,10H,5,7H2,1-2H3,(H,13,14). The summed E-state index contributed by atoms with van der Waals surface area (Å²) in [4.78, 5) is 4.37. The van der Waals surface area contributed by atoms with E-state index in [0.717, 1.165) is 35.4 Å². The van der Waals surface area contributed by atoms with Crippen molar-refractivity contribution in [3.63, 3.8) is 0 Å².